The molecular formula is C21H21N5O4S. The maximum Gasteiger partial charge on any atom is 0.245 e. The van der Waals surface area contributed by atoms with Crippen LogP contribution in [0.25, 0.3) is 22.5 Å². The van der Waals surface area contributed by atoms with E-state index in [-0.39, 0.29) is 4.90 Å². The normalized spacial score (nSPS) is 16.2. The van der Waals surface area contributed by atoms with Crippen molar-refractivity contribution < 1.29 is 17.4 Å². The number of nitrogens with zero attached hydrogens (tertiary/aromatic N) is 5. The summed E-state index contributed by atoms with van der Waals surface area (Å²) in [5, 5.41) is 4.76. The Bertz CT molecular complexity index is 1310. The molecule has 0 unspecified atom stereocenters. The summed E-state index contributed by atoms with van der Waals surface area (Å²) in [5.41, 5.74) is 1.50. The van der Waals surface area contributed by atoms with E-state index in [0.717, 1.165) is 10.9 Å². The quantitative estimate of drug-likeness (QED) is 0.467. The van der Waals surface area contributed by atoms with Gasteiger partial charge in [-0.05, 0) is 36.8 Å². The predicted molar refractivity (Wildman–Crippen MR) is 113 cm³/mol. The summed E-state index contributed by atoms with van der Waals surface area (Å²) in [6.07, 6.45) is 3.25. The van der Waals surface area contributed by atoms with Gasteiger partial charge in [-0.15, -0.1) is 0 Å². The van der Waals surface area contributed by atoms with Gasteiger partial charge in [0.15, 0.2) is 5.76 Å². The molecule has 0 radical (unpaired) electrons. The molecule has 4 aromatic rings. The second kappa shape index (κ2) is 7.88. The molecule has 5 rings (SSSR count). The fraction of sp³-hybridized carbons (Fsp3) is 0.286. The van der Waals surface area contributed by atoms with Crippen molar-refractivity contribution in [2.45, 2.75) is 18.4 Å². The molecule has 1 aliphatic heterocycles. The molecule has 1 saturated heterocycles. The molecule has 0 atom stereocenters. The van der Waals surface area contributed by atoms with Gasteiger partial charge in [0.25, 0.3) is 0 Å². The molecule has 3 aromatic heterocycles. The van der Waals surface area contributed by atoms with Gasteiger partial charge in [0.05, 0.1) is 18.3 Å². The highest BCUT2D eigenvalue weighted by Gasteiger charge is 2.30. The van der Waals surface area contributed by atoms with Gasteiger partial charge in [-0.3, -0.25) is 9.88 Å². The zero-order chi connectivity index (χ0) is 21.4. The Morgan fingerprint density at radius 2 is 1.94 bits per heavy atom. The summed E-state index contributed by atoms with van der Waals surface area (Å²) < 4.78 is 38.7. The van der Waals surface area contributed by atoms with Crippen LogP contribution in [-0.4, -0.2) is 58.9 Å². The third-order valence-electron chi connectivity index (χ3n) is 5.33. The number of para-hydroxylation sites is 1. The number of pyridine rings is 1. The standard InChI is InChI=1S/C21H21N5O4S/c1-15-12-16-4-2-6-18(20(16)22-13-15)31(27,28)26-9-7-25(8-10-26)14-19-23-21(24-30-19)17-5-3-11-29-17/h2-6,11-13H,7-10,14H2,1H3. The van der Waals surface area contributed by atoms with Crippen molar-refractivity contribution in [1.29, 1.82) is 0 Å². The molecule has 31 heavy (non-hydrogen) atoms. The largest absolute Gasteiger partial charge is 0.461 e. The molecule has 160 valence electrons. The van der Waals surface area contributed by atoms with E-state index < -0.39 is 10.0 Å². The number of aryl methyl sites for hydroxylation is 1. The smallest absolute Gasteiger partial charge is 0.245 e. The Hall–Kier alpha value is -3.08. The SMILES string of the molecule is Cc1cnc2c(S(=O)(=O)N3CCN(Cc4nc(-c5ccco5)no4)CC3)cccc2c1. The summed E-state index contributed by atoms with van der Waals surface area (Å²) >= 11 is 0. The second-order valence-electron chi connectivity index (χ2n) is 7.51. The molecule has 1 aromatic carbocycles. The maximum atomic E-state index is 13.3. The molecule has 9 nitrogen and oxygen atoms in total. The Labute approximate surface area is 179 Å². The number of furan rings is 1. The van der Waals surface area contributed by atoms with Crippen LogP contribution in [0.2, 0.25) is 0 Å². The van der Waals surface area contributed by atoms with Crippen LogP contribution < -0.4 is 0 Å². The van der Waals surface area contributed by atoms with Gasteiger partial charge in [0, 0.05) is 37.8 Å². The van der Waals surface area contributed by atoms with E-state index in [2.05, 4.69) is 20.0 Å². The highest BCUT2D eigenvalue weighted by Crippen LogP contribution is 2.26. The number of aromatic nitrogens is 3. The molecule has 10 heteroatoms. The fourth-order valence-electron chi connectivity index (χ4n) is 3.73. The number of sulfonamides is 1. The third kappa shape index (κ3) is 3.85. The Morgan fingerprint density at radius 3 is 2.71 bits per heavy atom. The first-order valence-electron chi connectivity index (χ1n) is 9.95. The van der Waals surface area contributed by atoms with Crippen LogP contribution >= 0.6 is 0 Å². The molecule has 0 N–H and O–H groups in total. The van der Waals surface area contributed by atoms with Crippen LogP contribution in [-0.2, 0) is 16.6 Å². The average Bonchev–Trinajstić information content (AvgIpc) is 3.45. The van der Waals surface area contributed by atoms with Crippen LogP contribution in [0.15, 0.2) is 62.7 Å². The lowest BCUT2D eigenvalue weighted by Crippen LogP contribution is -2.48. The second-order valence-corrected chi connectivity index (χ2v) is 9.42. The summed E-state index contributed by atoms with van der Waals surface area (Å²) in [6, 6.07) is 10.7. The molecule has 4 heterocycles. The Kier molecular flexibility index (Phi) is 5.05. The molecule has 0 amide bonds. The number of hydrogen-bond acceptors (Lipinski definition) is 8. The number of fused-ring (bicyclic) bond motifs is 1. The lowest BCUT2D eigenvalue weighted by Gasteiger charge is -2.33. The first kappa shape index (κ1) is 19.9. The van der Waals surface area contributed by atoms with E-state index >= 15 is 0 Å². The van der Waals surface area contributed by atoms with E-state index in [1.165, 1.54) is 4.31 Å². The summed E-state index contributed by atoms with van der Waals surface area (Å²) in [4.78, 5) is 11.1. The number of piperazine rings is 1. The third-order valence-corrected chi connectivity index (χ3v) is 7.26. The molecule has 0 aliphatic carbocycles. The van der Waals surface area contributed by atoms with E-state index in [1.807, 2.05) is 19.1 Å². The average molecular weight is 439 g/mol. The van der Waals surface area contributed by atoms with Crippen molar-refractivity contribution in [3.05, 3.63) is 60.3 Å². The molecular weight excluding hydrogens is 418 g/mol. The minimum Gasteiger partial charge on any atom is -0.461 e. The Balaban J connectivity index is 1.28. The van der Waals surface area contributed by atoms with Crippen LogP contribution in [0.3, 0.4) is 0 Å². The van der Waals surface area contributed by atoms with E-state index in [4.69, 9.17) is 8.94 Å². The zero-order valence-corrected chi connectivity index (χ0v) is 17.7. The van der Waals surface area contributed by atoms with Crippen molar-refractivity contribution in [2.75, 3.05) is 26.2 Å². The van der Waals surface area contributed by atoms with Gasteiger partial charge in [-0.2, -0.15) is 9.29 Å². The highest BCUT2D eigenvalue weighted by atomic mass is 32.2. The topological polar surface area (TPSA) is 106 Å². The number of benzene rings is 1. The number of rotatable bonds is 5. The molecule has 0 spiro atoms. The van der Waals surface area contributed by atoms with E-state index in [9.17, 15) is 8.42 Å². The molecule has 1 aliphatic rings. The van der Waals surface area contributed by atoms with Crippen LogP contribution in [0.4, 0.5) is 0 Å². The minimum absolute atomic E-state index is 0.249. The van der Waals surface area contributed by atoms with Gasteiger partial charge in [-0.25, -0.2) is 8.42 Å². The number of hydrogen-bond donors (Lipinski definition) is 0. The van der Waals surface area contributed by atoms with Crippen molar-refractivity contribution in [1.82, 2.24) is 24.3 Å². The fourth-order valence-corrected chi connectivity index (χ4v) is 5.32. The molecule has 0 saturated carbocycles. The lowest BCUT2D eigenvalue weighted by molar-refractivity contribution is 0.163. The van der Waals surface area contributed by atoms with Gasteiger partial charge in [0.1, 0.15) is 4.90 Å². The van der Waals surface area contributed by atoms with E-state index in [0.29, 0.717) is 55.7 Å². The lowest BCUT2D eigenvalue weighted by atomic mass is 10.2. The van der Waals surface area contributed by atoms with Crippen molar-refractivity contribution in [3.63, 3.8) is 0 Å². The molecule has 1 fully saturated rings. The first-order chi connectivity index (χ1) is 15.0. The predicted octanol–water partition coefficient (Wildman–Crippen LogP) is 2.69. The minimum atomic E-state index is -3.64. The van der Waals surface area contributed by atoms with Gasteiger partial charge < -0.3 is 8.94 Å². The van der Waals surface area contributed by atoms with Crippen molar-refractivity contribution in [3.8, 4) is 11.6 Å². The van der Waals surface area contributed by atoms with E-state index in [1.54, 1.807) is 36.7 Å². The van der Waals surface area contributed by atoms with Gasteiger partial charge in [0.2, 0.25) is 21.7 Å². The van der Waals surface area contributed by atoms with Crippen molar-refractivity contribution >= 4 is 20.9 Å². The van der Waals surface area contributed by atoms with Crippen LogP contribution in [0.1, 0.15) is 11.5 Å². The van der Waals surface area contributed by atoms with Crippen LogP contribution in [0.5, 0.6) is 0 Å². The van der Waals surface area contributed by atoms with Crippen LogP contribution in [0, 0.1) is 6.92 Å². The van der Waals surface area contributed by atoms with Gasteiger partial charge in [-0.1, -0.05) is 17.3 Å². The Morgan fingerprint density at radius 1 is 1.10 bits per heavy atom. The van der Waals surface area contributed by atoms with Gasteiger partial charge >= 0.3 is 0 Å². The summed E-state index contributed by atoms with van der Waals surface area (Å²) in [7, 11) is -3.64. The maximum absolute atomic E-state index is 13.3. The highest BCUT2D eigenvalue weighted by molar-refractivity contribution is 7.89. The molecule has 0 bridgehead atoms. The zero-order valence-electron chi connectivity index (χ0n) is 16.9. The summed E-state index contributed by atoms with van der Waals surface area (Å²) in [6.45, 7) is 4.28. The summed E-state index contributed by atoms with van der Waals surface area (Å²) in [5.74, 6) is 1.42. The van der Waals surface area contributed by atoms with Crippen molar-refractivity contribution in [2.24, 2.45) is 0 Å². The monoisotopic (exact) mass is 439 g/mol. The first-order valence-corrected chi connectivity index (χ1v) is 11.4.